The highest BCUT2D eigenvalue weighted by Crippen LogP contribution is 2.23. The van der Waals surface area contributed by atoms with Crippen LogP contribution in [0.5, 0.6) is 0 Å². The number of rotatable bonds is 10. The van der Waals surface area contributed by atoms with E-state index in [-0.39, 0.29) is 35.6 Å². The molecule has 2 atom stereocenters. The second-order valence-electron chi connectivity index (χ2n) is 9.84. The van der Waals surface area contributed by atoms with E-state index in [2.05, 4.69) is 50.4 Å². The Kier molecular flexibility index (Phi) is 9.63. The minimum Gasteiger partial charge on any atom is -0.352 e. The molecule has 0 radical (unpaired) electrons. The molecule has 2 amide bonds. The molecule has 33 heavy (non-hydrogen) atoms. The highest BCUT2D eigenvalue weighted by atomic mass is 19.1. The molecule has 0 saturated carbocycles. The number of amides is 2. The van der Waals surface area contributed by atoms with Gasteiger partial charge in [0.2, 0.25) is 11.8 Å². The summed E-state index contributed by atoms with van der Waals surface area (Å²) in [5.74, 6) is -0.542. The van der Waals surface area contributed by atoms with E-state index in [0.717, 1.165) is 17.5 Å². The highest BCUT2D eigenvalue weighted by Gasteiger charge is 2.29. The van der Waals surface area contributed by atoms with Gasteiger partial charge < -0.3 is 10.2 Å². The first-order chi connectivity index (χ1) is 15.5. The first kappa shape index (κ1) is 26.6. The van der Waals surface area contributed by atoms with Crippen molar-refractivity contribution < 1.29 is 14.0 Å². The Hall–Kier alpha value is -2.69. The maximum Gasteiger partial charge on any atom is 0.243 e. The second-order valence-corrected chi connectivity index (χ2v) is 9.84. The predicted molar refractivity (Wildman–Crippen MR) is 132 cm³/mol. The summed E-state index contributed by atoms with van der Waals surface area (Å²) in [6.07, 6.45) is 2.24. The number of carbonyl (C=O) groups is 2. The van der Waals surface area contributed by atoms with Gasteiger partial charge in [0.15, 0.2) is 0 Å². The highest BCUT2D eigenvalue weighted by molar-refractivity contribution is 5.87. The first-order valence-electron chi connectivity index (χ1n) is 12.0. The van der Waals surface area contributed by atoms with E-state index in [0.29, 0.717) is 19.3 Å². The molecule has 4 nitrogen and oxygen atoms in total. The van der Waals surface area contributed by atoms with Crippen LogP contribution in [0.25, 0.3) is 0 Å². The molecule has 0 aliphatic carbocycles. The maximum absolute atomic E-state index is 13.4. The van der Waals surface area contributed by atoms with E-state index in [4.69, 9.17) is 0 Å². The van der Waals surface area contributed by atoms with Gasteiger partial charge in [0.25, 0.3) is 0 Å². The quantitative estimate of drug-likeness (QED) is 0.495. The van der Waals surface area contributed by atoms with Crippen molar-refractivity contribution in [3.63, 3.8) is 0 Å². The topological polar surface area (TPSA) is 49.4 Å². The summed E-state index contributed by atoms with van der Waals surface area (Å²) in [6.45, 7) is 12.7. The number of hydrogen-bond acceptors (Lipinski definition) is 2. The van der Waals surface area contributed by atoms with E-state index >= 15 is 0 Å². The van der Waals surface area contributed by atoms with Gasteiger partial charge in [-0.05, 0) is 60.4 Å². The summed E-state index contributed by atoms with van der Waals surface area (Å²) >= 11 is 0. The molecule has 0 saturated heterocycles. The minimum absolute atomic E-state index is 0.0376. The molecule has 0 bridgehead atoms. The van der Waals surface area contributed by atoms with E-state index in [1.54, 1.807) is 17.0 Å². The van der Waals surface area contributed by atoms with Gasteiger partial charge in [-0.3, -0.25) is 9.59 Å². The Morgan fingerprint density at radius 2 is 1.52 bits per heavy atom. The summed E-state index contributed by atoms with van der Waals surface area (Å²) < 4.78 is 13.4. The van der Waals surface area contributed by atoms with Gasteiger partial charge in [0.1, 0.15) is 11.9 Å². The summed E-state index contributed by atoms with van der Waals surface area (Å²) in [5, 5.41) is 3.01. The molecule has 0 aromatic heterocycles. The van der Waals surface area contributed by atoms with Crippen molar-refractivity contribution in [2.45, 2.75) is 91.3 Å². The van der Waals surface area contributed by atoms with Crippen LogP contribution in [-0.2, 0) is 28.0 Å². The molecule has 5 heteroatoms. The monoisotopic (exact) mass is 454 g/mol. The third-order valence-electron chi connectivity index (χ3n) is 6.10. The summed E-state index contributed by atoms with van der Waals surface area (Å²) in [4.78, 5) is 28.0. The number of nitrogens with zero attached hydrogens (tertiary/aromatic N) is 1. The second kappa shape index (κ2) is 12.0. The van der Waals surface area contributed by atoms with E-state index < -0.39 is 6.04 Å². The SMILES string of the molecule is CC[C@@H](C)NC(=O)[C@@H](CC)N(Cc1ccc(F)cc1)C(=O)CCc1ccc(C(C)(C)C)cc1. The number of halogens is 1. The standard InChI is InChI=1S/C28H39FN2O2/c1-7-20(3)30-27(33)25(8-2)31(19-22-11-16-24(29)17-12-22)26(32)18-13-21-9-14-23(15-10-21)28(4,5)6/h9-12,14-17,20,25H,7-8,13,18-19H2,1-6H3,(H,30,33)/t20-,25-/m1/s1. The zero-order valence-corrected chi connectivity index (χ0v) is 21.0. The van der Waals surface area contributed by atoms with Crippen molar-refractivity contribution in [2.24, 2.45) is 0 Å². The van der Waals surface area contributed by atoms with Gasteiger partial charge in [-0.15, -0.1) is 0 Å². The number of aryl methyl sites for hydroxylation is 1. The lowest BCUT2D eigenvalue weighted by molar-refractivity contribution is -0.141. The van der Waals surface area contributed by atoms with Crippen molar-refractivity contribution in [2.75, 3.05) is 0 Å². The molecule has 2 aromatic carbocycles. The molecule has 0 aliphatic heterocycles. The van der Waals surface area contributed by atoms with Gasteiger partial charge in [0, 0.05) is 19.0 Å². The largest absolute Gasteiger partial charge is 0.352 e. The van der Waals surface area contributed by atoms with Crippen molar-refractivity contribution in [1.82, 2.24) is 10.2 Å². The van der Waals surface area contributed by atoms with Crippen LogP contribution < -0.4 is 5.32 Å². The maximum atomic E-state index is 13.4. The Morgan fingerprint density at radius 3 is 2.03 bits per heavy atom. The minimum atomic E-state index is -0.570. The molecule has 0 heterocycles. The molecule has 0 unspecified atom stereocenters. The van der Waals surface area contributed by atoms with Crippen LogP contribution in [0.4, 0.5) is 4.39 Å². The van der Waals surface area contributed by atoms with Crippen molar-refractivity contribution >= 4 is 11.8 Å². The van der Waals surface area contributed by atoms with Crippen molar-refractivity contribution in [3.05, 3.63) is 71.0 Å². The lowest BCUT2D eigenvalue weighted by Crippen LogP contribution is -2.50. The van der Waals surface area contributed by atoms with Crippen LogP contribution in [0, 0.1) is 5.82 Å². The van der Waals surface area contributed by atoms with Crippen LogP contribution in [0.3, 0.4) is 0 Å². The summed E-state index contributed by atoms with van der Waals surface area (Å²) in [7, 11) is 0. The Bertz CT molecular complexity index is 901. The lowest BCUT2D eigenvalue weighted by atomic mass is 9.86. The molecular weight excluding hydrogens is 415 g/mol. The van der Waals surface area contributed by atoms with Crippen LogP contribution in [0.15, 0.2) is 48.5 Å². The van der Waals surface area contributed by atoms with Crippen LogP contribution in [0.1, 0.15) is 77.5 Å². The molecule has 2 rings (SSSR count). The van der Waals surface area contributed by atoms with Gasteiger partial charge >= 0.3 is 0 Å². The molecule has 180 valence electrons. The number of carbonyl (C=O) groups excluding carboxylic acids is 2. The Morgan fingerprint density at radius 1 is 0.939 bits per heavy atom. The lowest BCUT2D eigenvalue weighted by Gasteiger charge is -2.31. The van der Waals surface area contributed by atoms with Gasteiger partial charge in [0.05, 0.1) is 0 Å². The van der Waals surface area contributed by atoms with Crippen LogP contribution >= 0.6 is 0 Å². The third-order valence-corrected chi connectivity index (χ3v) is 6.10. The Labute approximate surface area is 198 Å². The third kappa shape index (κ3) is 7.99. The molecule has 2 aromatic rings. The summed E-state index contributed by atoms with van der Waals surface area (Å²) in [5.41, 5.74) is 3.23. The first-order valence-corrected chi connectivity index (χ1v) is 12.0. The van der Waals surface area contributed by atoms with Crippen molar-refractivity contribution in [3.8, 4) is 0 Å². The van der Waals surface area contributed by atoms with E-state index in [9.17, 15) is 14.0 Å². The van der Waals surface area contributed by atoms with Gasteiger partial charge in [-0.1, -0.05) is 71.0 Å². The zero-order chi connectivity index (χ0) is 24.6. The average molecular weight is 455 g/mol. The Balaban J connectivity index is 2.19. The fraction of sp³-hybridized carbons (Fsp3) is 0.500. The smallest absolute Gasteiger partial charge is 0.243 e. The van der Waals surface area contributed by atoms with Crippen LogP contribution in [-0.4, -0.2) is 28.8 Å². The molecule has 0 spiro atoms. The number of nitrogens with one attached hydrogen (secondary N) is 1. The van der Waals surface area contributed by atoms with Gasteiger partial charge in [-0.25, -0.2) is 4.39 Å². The average Bonchev–Trinajstić information content (AvgIpc) is 2.78. The van der Waals surface area contributed by atoms with E-state index in [1.807, 2.05) is 20.8 Å². The normalized spacial score (nSPS) is 13.3. The fourth-order valence-electron chi connectivity index (χ4n) is 3.71. The molecular formula is C28H39FN2O2. The van der Waals surface area contributed by atoms with Crippen LogP contribution in [0.2, 0.25) is 0 Å². The van der Waals surface area contributed by atoms with E-state index in [1.165, 1.54) is 17.7 Å². The summed E-state index contributed by atoms with van der Waals surface area (Å²) in [6, 6.07) is 13.9. The number of benzene rings is 2. The molecule has 0 aliphatic rings. The molecule has 1 N–H and O–H groups in total. The zero-order valence-electron chi connectivity index (χ0n) is 21.0. The van der Waals surface area contributed by atoms with Gasteiger partial charge in [-0.2, -0.15) is 0 Å². The molecule has 0 fully saturated rings. The fourth-order valence-corrected chi connectivity index (χ4v) is 3.71. The van der Waals surface area contributed by atoms with Crippen molar-refractivity contribution in [1.29, 1.82) is 0 Å². The predicted octanol–water partition coefficient (Wildman–Crippen LogP) is 5.78. The number of hydrogen-bond donors (Lipinski definition) is 1.